The molecule has 1 aromatic heterocycles. The highest BCUT2D eigenvalue weighted by Crippen LogP contribution is 2.33. The molecule has 2 heterocycles. The van der Waals surface area contributed by atoms with Gasteiger partial charge in [0.2, 0.25) is 11.8 Å². The number of amides is 2. The van der Waals surface area contributed by atoms with Crippen LogP contribution in [0.2, 0.25) is 0 Å². The lowest BCUT2D eigenvalue weighted by molar-refractivity contribution is -0.129. The van der Waals surface area contributed by atoms with Gasteiger partial charge >= 0.3 is 0 Å². The van der Waals surface area contributed by atoms with E-state index in [2.05, 4.69) is 15.3 Å². The smallest absolute Gasteiger partial charge is 0.226 e. The quantitative estimate of drug-likeness (QED) is 0.709. The van der Waals surface area contributed by atoms with Gasteiger partial charge in [-0.3, -0.25) is 9.59 Å². The molecule has 3 aromatic rings. The Morgan fingerprint density at radius 1 is 1.07 bits per heavy atom. The van der Waals surface area contributed by atoms with Crippen molar-refractivity contribution in [1.82, 2.24) is 14.9 Å². The number of carbonyl (C=O) groups excluding carboxylic acids is 2. The molecule has 6 nitrogen and oxygen atoms in total. The average molecular weight is 398 g/mol. The number of nitrogens with one attached hydrogen (secondary N) is 1. The Morgan fingerprint density at radius 3 is 2.57 bits per heavy atom. The van der Waals surface area contributed by atoms with E-state index in [1.54, 1.807) is 17.3 Å². The van der Waals surface area contributed by atoms with Crippen molar-refractivity contribution < 1.29 is 9.59 Å². The highest BCUT2D eigenvalue weighted by molar-refractivity contribution is 5.92. The number of anilines is 1. The first-order valence-electron chi connectivity index (χ1n) is 9.77. The Balaban J connectivity index is 1.49. The Morgan fingerprint density at radius 2 is 1.83 bits per heavy atom. The SMILES string of the molecule is CC(=O)N1C=Cc2ccccc2[C@@H]1CC(=O)Nc1ccc(-c2ccnc(C)n2)cc1. The fourth-order valence-corrected chi connectivity index (χ4v) is 3.64. The number of rotatable bonds is 4. The predicted octanol–water partition coefficient (Wildman–Crippen LogP) is 4.35. The Labute approximate surface area is 175 Å². The largest absolute Gasteiger partial charge is 0.326 e. The van der Waals surface area contributed by atoms with Crippen LogP contribution in [-0.4, -0.2) is 26.7 Å². The van der Waals surface area contributed by atoms with E-state index in [1.807, 2.05) is 67.6 Å². The minimum Gasteiger partial charge on any atom is -0.326 e. The molecule has 2 amide bonds. The maximum Gasteiger partial charge on any atom is 0.226 e. The van der Waals surface area contributed by atoms with Gasteiger partial charge in [0, 0.05) is 30.6 Å². The fraction of sp³-hybridized carbons (Fsp3) is 0.167. The summed E-state index contributed by atoms with van der Waals surface area (Å²) in [6.45, 7) is 3.36. The lowest BCUT2D eigenvalue weighted by atomic mass is 9.93. The van der Waals surface area contributed by atoms with E-state index in [-0.39, 0.29) is 24.3 Å². The van der Waals surface area contributed by atoms with Crippen molar-refractivity contribution in [3.63, 3.8) is 0 Å². The third-order valence-electron chi connectivity index (χ3n) is 5.09. The van der Waals surface area contributed by atoms with E-state index in [1.165, 1.54) is 6.92 Å². The summed E-state index contributed by atoms with van der Waals surface area (Å²) in [7, 11) is 0. The van der Waals surface area contributed by atoms with Crippen molar-refractivity contribution in [3.05, 3.63) is 83.9 Å². The van der Waals surface area contributed by atoms with Crippen LogP contribution in [0.4, 0.5) is 5.69 Å². The highest BCUT2D eigenvalue weighted by atomic mass is 16.2. The van der Waals surface area contributed by atoms with Crippen molar-refractivity contribution in [2.45, 2.75) is 26.3 Å². The summed E-state index contributed by atoms with van der Waals surface area (Å²) < 4.78 is 0. The van der Waals surface area contributed by atoms with Crippen molar-refractivity contribution in [2.75, 3.05) is 5.32 Å². The fourth-order valence-electron chi connectivity index (χ4n) is 3.64. The van der Waals surface area contributed by atoms with Gasteiger partial charge < -0.3 is 10.2 Å². The third kappa shape index (κ3) is 4.12. The van der Waals surface area contributed by atoms with E-state index in [0.29, 0.717) is 11.5 Å². The van der Waals surface area contributed by atoms with Gasteiger partial charge in [-0.05, 0) is 42.3 Å². The zero-order valence-corrected chi connectivity index (χ0v) is 16.9. The van der Waals surface area contributed by atoms with E-state index >= 15 is 0 Å². The van der Waals surface area contributed by atoms with Gasteiger partial charge in [0.15, 0.2) is 0 Å². The second kappa shape index (κ2) is 8.29. The first-order valence-corrected chi connectivity index (χ1v) is 9.77. The lowest BCUT2D eigenvalue weighted by Gasteiger charge is -2.32. The van der Waals surface area contributed by atoms with Crippen molar-refractivity contribution in [1.29, 1.82) is 0 Å². The van der Waals surface area contributed by atoms with Crippen molar-refractivity contribution in [2.24, 2.45) is 0 Å². The molecule has 1 atom stereocenters. The number of aryl methyl sites for hydroxylation is 1. The second-order valence-corrected chi connectivity index (χ2v) is 7.21. The van der Waals surface area contributed by atoms with Crippen LogP contribution in [0, 0.1) is 6.92 Å². The van der Waals surface area contributed by atoms with Crippen LogP contribution in [0.1, 0.15) is 36.3 Å². The molecule has 2 aromatic carbocycles. The minimum atomic E-state index is -0.327. The molecule has 150 valence electrons. The number of fused-ring (bicyclic) bond motifs is 1. The number of benzene rings is 2. The number of nitrogens with zero attached hydrogens (tertiary/aromatic N) is 3. The molecule has 0 aliphatic carbocycles. The van der Waals surface area contributed by atoms with Crippen molar-refractivity contribution in [3.8, 4) is 11.3 Å². The molecule has 0 unspecified atom stereocenters. The number of aromatic nitrogens is 2. The van der Waals surface area contributed by atoms with E-state index in [4.69, 9.17) is 0 Å². The minimum absolute atomic E-state index is 0.0944. The van der Waals surface area contributed by atoms with E-state index in [0.717, 1.165) is 22.4 Å². The van der Waals surface area contributed by atoms with Crippen molar-refractivity contribution >= 4 is 23.6 Å². The third-order valence-corrected chi connectivity index (χ3v) is 5.09. The predicted molar refractivity (Wildman–Crippen MR) is 116 cm³/mol. The molecule has 1 aliphatic heterocycles. The summed E-state index contributed by atoms with van der Waals surface area (Å²) in [6, 6.07) is 16.9. The molecule has 0 spiro atoms. The molecule has 4 rings (SSSR count). The van der Waals surface area contributed by atoms with Crippen LogP contribution in [0.5, 0.6) is 0 Å². The lowest BCUT2D eigenvalue weighted by Crippen LogP contribution is -2.33. The maximum atomic E-state index is 12.8. The zero-order valence-electron chi connectivity index (χ0n) is 16.9. The van der Waals surface area contributed by atoms with Gasteiger partial charge in [0.05, 0.1) is 18.2 Å². The molecule has 0 bridgehead atoms. The Hall–Kier alpha value is -3.80. The molecular weight excluding hydrogens is 376 g/mol. The maximum absolute atomic E-state index is 12.8. The molecule has 6 heteroatoms. The molecule has 1 N–H and O–H groups in total. The first-order chi connectivity index (χ1) is 14.5. The van der Waals surface area contributed by atoms with E-state index < -0.39 is 0 Å². The number of hydrogen-bond acceptors (Lipinski definition) is 4. The van der Waals surface area contributed by atoms with Gasteiger partial charge in [-0.1, -0.05) is 36.4 Å². The van der Waals surface area contributed by atoms with Gasteiger partial charge in [-0.25, -0.2) is 9.97 Å². The number of hydrogen-bond donors (Lipinski definition) is 1. The molecule has 0 fully saturated rings. The van der Waals surface area contributed by atoms with Gasteiger partial charge in [0.25, 0.3) is 0 Å². The Kier molecular flexibility index (Phi) is 5.39. The van der Waals surface area contributed by atoms with Gasteiger partial charge in [-0.15, -0.1) is 0 Å². The molecule has 30 heavy (non-hydrogen) atoms. The summed E-state index contributed by atoms with van der Waals surface area (Å²) in [5.74, 6) is 0.465. The molecule has 1 aliphatic rings. The van der Waals surface area contributed by atoms with Gasteiger partial charge in [-0.2, -0.15) is 0 Å². The summed E-state index contributed by atoms with van der Waals surface area (Å²) in [5, 5.41) is 2.94. The highest BCUT2D eigenvalue weighted by Gasteiger charge is 2.28. The molecule has 0 saturated carbocycles. The molecule has 0 saturated heterocycles. The van der Waals surface area contributed by atoms with Crippen LogP contribution >= 0.6 is 0 Å². The topological polar surface area (TPSA) is 75.2 Å². The second-order valence-electron chi connectivity index (χ2n) is 7.21. The van der Waals surface area contributed by atoms with Gasteiger partial charge in [0.1, 0.15) is 5.82 Å². The Bertz CT molecular complexity index is 1120. The summed E-state index contributed by atoms with van der Waals surface area (Å²) in [5.41, 5.74) is 4.48. The zero-order chi connectivity index (χ0) is 21.1. The summed E-state index contributed by atoms with van der Waals surface area (Å²) in [4.78, 5) is 35.0. The number of carbonyl (C=O) groups is 2. The monoisotopic (exact) mass is 398 g/mol. The van der Waals surface area contributed by atoms with Crippen LogP contribution in [0.15, 0.2) is 67.0 Å². The normalized spacial score (nSPS) is 14.9. The summed E-state index contributed by atoms with van der Waals surface area (Å²) >= 11 is 0. The van der Waals surface area contributed by atoms with Crippen LogP contribution in [0.3, 0.4) is 0 Å². The van der Waals surface area contributed by atoms with Crippen LogP contribution < -0.4 is 5.32 Å². The molecular formula is C24H22N4O2. The first kappa shape index (κ1) is 19.5. The van der Waals surface area contributed by atoms with E-state index in [9.17, 15) is 9.59 Å². The summed E-state index contributed by atoms with van der Waals surface area (Å²) in [6.07, 6.45) is 5.55. The average Bonchev–Trinajstić information content (AvgIpc) is 2.74. The molecule has 0 radical (unpaired) electrons. The van der Waals surface area contributed by atoms with Crippen LogP contribution in [-0.2, 0) is 9.59 Å². The van der Waals surface area contributed by atoms with Crippen LogP contribution in [0.25, 0.3) is 17.3 Å². The standard InChI is InChI=1S/C24H22N4O2/c1-16-25-13-11-22(26-16)19-7-9-20(10-8-19)27-24(30)15-23-21-6-4-3-5-18(21)12-14-28(23)17(2)29/h3-14,23H,15H2,1-2H3,(H,27,30)/t23-/m0/s1.